The highest BCUT2D eigenvalue weighted by Crippen LogP contribution is 2.09. The first-order chi connectivity index (χ1) is 8.49. The molecule has 2 amide bonds. The molecule has 0 atom stereocenters. The molecule has 8 heteroatoms. The smallest absolute Gasteiger partial charge is 0.364 e. The van der Waals surface area contributed by atoms with E-state index in [2.05, 4.69) is 25.8 Å². The number of nitrogens with two attached hydrogens (primary N) is 1. The Bertz CT molecular complexity index is 478. The van der Waals surface area contributed by atoms with Crippen molar-refractivity contribution in [3.05, 3.63) is 28.5 Å². The van der Waals surface area contributed by atoms with Gasteiger partial charge in [-0.3, -0.25) is 14.6 Å². The minimum atomic E-state index is -0.753. The molecule has 0 radical (unpaired) electrons. The quantitative estimate of drug-likeness (QED) is 0.776. The van der Waals surface area contributed by atoms with Crippen molar-refractivity contribution in [3.63, 3.8) is 0 Å². The van der Waals surface area contributed by atoms with Crippen molar-refractivity contribution in [1.82, 2.24) is 10.5 Å². The molecule has 0 saturated heterocycles. The molecule has 0 spiro atoms. The molecule has 96 valence electrons. The number of amides is 2. The highest BCUT2D eigenvalue weighted by molar-refractivity contribution is 9.10. The van der Waals surface area contributed by atoms with E-state index >= 15 is 0 Å². The summed E-state index contributed by atoms with van der Waals surface area (Å²) in [5, 5.41) is 0. The fraction of sp³-hybridized carbons (Fsp3) is 0.200. The first-order valence-corrected chi connectivity index (χ1v) is 5.67. The van der Waals surface area contributed by atoms with E-state index in [4.69, 9.17) is 5.73 Å². The highest BCUT2D eigenvalue weighted by atomic mass is 79.9. The van der Waals surface area contributed by atoms with E-state index < -0.39 is 17.8 Å². The summed E-state index contributed by atoms with van der Waals surface area (Å²) in [6, 6.07) is 1.49. The zero-order chi connectivity index (χ0) is 13.5. The molecule has 0 unspecified atom stereocenters. The van der Waals surface area contributed by atoms with Gasteiger partial charge < -0.3 is 10.6 Å². The van der Waals surface area contributed by atoms with Crippen LogP contribution in [0.2, 0.25) is 0 Å². The molecule has 3 N–H and O–H groups in total. The van der Waals surface area contributed by atoms with Gasteiger partial charge in [0.25, 0.3) is 5.91 Å². The third-order valence-electron chi connectivity index (χ3n) is 1.80. The van der Waals surface area contributed by atoms with E-state index in [1.165, 1.54) is 18.5 Å². The van der Waals surface area contributed by atoms with Crippen LogP contribution >= 0.6 is 15.9 Å². The van der Waals surface area contributed by atoms with Gasteiger partial charge in [0, 0.05) is 29.7 Å². The minimum Gasteiger partial charge on any atom is -0.370 e. The van der Waals surface area contributed by atoms with Gasteiger partial charge in [-0.2, -0.15) is 5.48 Å². The lowest BCUT2D eigenvalue weighted by molar-refractivity contribution is -0.131. The second-order valence-electron chi connectivity index (χ2n) is 3.27. The molecular formula is C10H10BrN3O4. The fourth-order valence-electron chi connectivity index (χ4n) is 0.973. The van der Waals surface area contributed by atoms with Gasteiger partial charge in [-0.25, -0.2) is 4.79 Å². The van der Waals surface area contributed by atoms with Gasteiger partial charge in [-0.05, 0) is 22.0 Å². The van der Waals surface area contributed by atoms with Crippen LogP contribution in [0, 0.1) is 0 Å². The normalized spacial score (nSPS) is 9.61. The lowest BCUT2D eigenvalue weighted by Crippen LogP contribution is -2.28. The third kappa shape index (κ3) is 4.91. The predicted octanol–water partition coefficient (Wildman–Crippen LogP) is 0.298. The number of pyridine rings is 1. The predicted molar refractivity (Wildman–Crippen MR) is 63.9 cm³/mol. The summed E-state index contributed by atoms with van der Waals surface area (Å²) >= 11 is 3.14. The van der Waals surface area contributed by atoms with Crippen LogP contribution in [0.15, 0.2) is 22.9 Å². The number of hydroxylamine groups is 1. The highest BCUT2D eigenvalue weighted by Gasteiger charge is 2.11. The van der Waals surface area contributed by atoms with E-state index in [-0.39, 0.29) is 18.4 Å². The average molecular weight is 316 g/mol. The number of rotatable bonds is 4. The molecule has 0 aliphatic carbocycles. The van der Waals surface area contributed by atoms with Crippen molar-refractivity contribution in [1.29, 1.82) is 0 Å². The fourth-order valence-corrected chi connectivity index (χ4v) is 1.34. The molecule has 0 fully saturated rings. The van der Waals surface area contributed by atoms with Crippen molar-refractivity contribution in [2.24, 2.45) is 5.73 Å². The zero-order valence-corrected chi connectivity index (χ0v) is 10.8. The standard InChI is InChI=1S/C10H10BrN3O4/c11-7-3-6(4-13-5-7)10(17)18-14-9(16)2-1-8(12)15/h3-5H,1-2H2,(H2,12,15)(H,14,16). The van der Waals surface area contributed by atoms with Gasteiger partial charge in [0.2, 0.25) is 5.91 Å². The Balaban J connectivity index is 2.42. The second kappa shape index (κ2) is 6.70. The number of carbonyl (C=O) groups excluding carboxylic acids is 3. The Morgan fingerprint density at radius 1 is 1.33 bits per heavy atom. The number of hydrogen-bond acceptors (Lipinski definition) is 5. The number of halogens is 1. The van der Waals surface area contributed by atoms with E-state index in [1.807, 2.05) is 5.48 Å². The lowest BCUT2D eigenvalue weighted by atomic mass is 10.3. The van der Waals surface area contributed by atoms with E-state index in [9.17, 15) is 14.4 Å². The number of primary amides is 1. The SMILES string of the molecule is NC(=O)CCC(=O)NOC(=O)c1cncc(Br)c1. The Kier molecular flexibility index (Phi) is 5.25. The molecule has 1 heterocycles. The molecule has 1 rings (SSSR count). The summed E-state index contributed by atoms with van der Waals surface area (Å²) in [6.45, 7) is 0. The molecule has 18 heavy (non-hydrogen) atoms. The molecule has 0 bridgehead atoms. The molecule has 1 aromatic rings. The van der Waals surface area contributed by atoms with Crippen LogP contribution in [0.25, 0.3) is 0 Å². The van der Waals surface area contributed by atoms with E-state index in [0.29, 0.717) is 4.47 Å². The minimum absolute atomic E-state index is 0.109. The van der Waals surface area contributed by atoms with Crippen molar-refractivity contribution < 1.29 is 19.2 Å². The molecular weight excluding hydrogens is 306 g/mol. The maximum absolute atomic E-state index is 11.5. The monoisotopic (exact) mass is 315 g/mol. The maximum Gasteiger partial charge on any atom is 0.364 e. The molecule has 1 aromatic heterocycles. The van der Waals surface area contributed by atoms with Crippen LogP contribution in [0.3, 0.4) is 0 Å². The topological polar surface area (TPSA) is 111 Å². The first kappa shape index (κ1) is 14.1. The summed E-state index contributed by atoms with van der Waals surface area (Å²) in [7, 11) is 0. The second-order valence-corrected chi connectivity index (χ2v) is 4.19. The van der Waals surface area contributed by atoms with Crippen LogP contribution in [-0.2, 0) is 14.4 Å². The van der Waals surface area contributed by atoms with Gasteiger partial charge in [0.15, 0.2) is 0 Å². The largest absolute Gasteiger partial charge is 0.370 e. The molecule has 0 aromatic carbocycles. The van der Waals surface area contributed by atoms with Gasteiger partial charge in [-0.1, -0.05) is 0 Å². The Morgan fingerprint density at radius 2 is 2.06 bits per heavy atom. The van der Waals surface area contributed by atoms with E-state index in [0.717, 1.165) is 0 Å². The van der Waals surface area contributed by atoms with Crippen LogP contribution in [0.4, 0.5) is 0 Å². The van der Waals surface area contributed by atoms with Crippen LogP contribution in [0.5, 0.6) is 0 Å². The number of carbonyl (C=O) groups is 3. The molecule has 7 nitrogen and oxygen atoms in total. The summed E-state index contributed by atoms with van der Waals surface area (Å²) < 4.78 is 0.608. The average Bonchev–Trinajstić information content (AvgIpc) is 2.33. The Morgan fingerprint density at radius 3 is 2.67 bits per heavy atom. The number of hydrogen-bond donors (Lipinski definition) is 2. The Hall–Kier alpha value is -1.96. The van der Waals surface area contributed by atoms with Crippen LogP contribution in [-0.4, -0.2) is 22.8 Å². The van der Waals surface area contributed by atoms with Gasteiger partial charge in [0.05, 0.1) is 5.56 Å². The zero-order valence-electron chi connectivity index (χ0n) is 9.18. The number of nitrogens with zero attached hydrogens (tertiary/aromatic N) is 1. The number of aromatic nitrogens is 1. The van der Waals surface area contributed by atoms with Crippen molar-refractivity contribution in [2.75, 3.05) is 0 Å². The summed E-state index contributed by atoms with van der Waals surface area (Å²) in [4.78, 5) is 41.3. The Labute approximate surface area is 111 Å². The van der Waals surface area contributed by atoms with Crippen molar-refractivity contribution in [2.45, 2.75) is 12.8 Å². The van der Waals surface area contributed by atoms with Gasteiger partial charge in [-0.15, -0.1) is 0 Å². The maximum atomic E-state index is 11.5. The molecule has 0 aliphatic rings. The van der Waals surface area contributed by atoms with E-state index in [1.54, 1.807) is 0 Å². The van der Waals surface area contributed by atoms with Crippen molar-refractivity contribution in [3.8, 4) is 0 Å². The lowest BCUT2D eigenvalue weighted by Gasteiger charge is -2.04. The van der Waals surface area contributed by atoms with Gasteiger partial charge in [0.1, 0.15) is 0 Å². The van der Waals surface area contributed by atoms with Crippen LogP contribution < -0.4 is 11.2 Å². The molecule has 0 aliphatic heterocycles. The van der Waals surface area contributed by atoms with Crippen molar-refractivity contribution >= 4 is 33.7 Å². The van der Waals surface area contributed by atoms with Gasteiger partial charge >= 0.3 is 5.97 Å². The summed E-state index contributed by atoms with van der Waals surface area (Å²) in [5.74, 6) is -1.96. The van der Waals surface area contributed by atoms with Crippen LogP contribution in [0.1, 0.15) is 23.2 Å². The molecule has 0 saturated carbocycles. The summed E-state index contributed by atoms with van der Waals surface area (Å²) in [6.07, 6.45) is 2.55. The third-order valence-corrected chi connectivity index (χ3v) is 2.23. The summed E-state index contributed by atoms with van der Waals surface area (Å²) in [5.41, 5.74) is 6.96. The number of nitrogens with one attached hydrogen (secondary N) is 1. The first-order valence-electron chi connectivity index (χ1n) is 4.88.